The third-order valence-electron chi connectivity index (χ3n) is 5.59. The van der Waals surface area contributed by atoms with E-state index >= 15 is 0 Å². The molecule has 1 aliphatic heterocycles. The minimum Gasteiger partial charge on any atom is -0.504 e. The van der Waals surface area contributed by atoms with Crippen LogP contribution in [-0.2, 0) is 17.9 Å². The van der Waals surface area contributed by atoms with Gasteiger partial charge in [-0.15, -0.1) is 0 Å². The highest BCUT2D eigenvalue weighted by Crippen LogP contribution is 2.27. The van der Waals surface area contributed by atoms with E-state index in [1.807, 2.05) is 38.4 Å². The minimum atomic E-state index is -0.485. The highest BCUT2D eigenvalue weighted by Gasteiger charge is 2.27. The second kappa shape index (κ2) is 10.3. The van der Waals surface area contributed by atoms with E-state index in [0.717, 1.165) is 23.2 Å². The van der Waals surface area contributed by atoms with Gasteiger partial charge < -0.3 is 20.4 Å². The van der Waals surface area contributed by atoms with Crippen molar-refractivity contribution in [3.63, 3.8) is 0 Å². The zero-order valence-corrected chi connectivity index (χ0v) is 19.6. The van der Waals surface area contributed by atoms with Crippen LogP contribution < -0.4 is 10.6 Å². The van der Waals surface area contributed by atoms with E-state index in [9.17, 15) is 19.8 Å². The molecule has 35 heavy (non-hydrogen) atoms. The van der Waals surface area contributed by atoms with E-state index in [2.05, 4.69) is 39.8 Å². The van der Waals surface area contributed by atoms with E-state index in [1.54, 1.807) is 18.3 Å². The van der Waals surface area contributed by atoms with E-state index in [0.29, 0.717) is 23.2 Å². The van der Waals surface area contributed by atoms with Gasteiger partial charge in [-0.3, -0.25) is 14.9 Å². The first-order chi connectivity index (χ1) is 16.8. The molecule has 0 atom stereocenters. The summed E-state index contributed by atoms with van der Waals surface area (Å²) in [6.07, 6.45) is 5.49. The van der Waals surface area contributed by atoms with Crippen molar-refractivity contribution in [2.75, 3.05) is 14.1 Å². The molecule has 3 aromatic carbocycles. The number of imide groups is 1. The molecule has 0 aromatic heterocycles. The number of carbonyl (C=O) groups excluding carboxylic acids is 2. The molecule has 7 nitrogen and oxygen atoms in total. The first-order valence-electron chi connectivity index (χ1n) is 11.2. The van der Waals surface area contributed by atoms with Gasteiger partial charge in [-0.05, 0) is 60.6 Å². The lowest BCUT2D eigenvalue weighted by Gasteiger charge is -2.19. The predicted molar refractivity (Wildman–Crippen MR) is 136 cm³/mol. The molecule has 0 aliphatic carbocycles. The molecule has 0 spiro atoms. The van der Waals surface area contributed by atoms with Gasteiger partial charge in [0, 0.05) is 30.4 Å². The van der Waals surface area contributed by atoms with Crippen LogP contribution in [0.3, 0.4) is 0 Å². The highest BCUT2D eigenvalue weighted by atomic mass is 16.3. The normalized spacial score (nSPS) is 14.4. The quantitative estimate of drug-likeness (QED) is 0.182. The van der Waals surface area contributed by atoms with Gasteiger partial charge in [-0.2, -0.15) is 0 Å². The molecule has 1 heterocycles. The van der Waals surface area contributed by atoms with Crippen LogP contribution in [0.25, 0.3) is 17.7 Å². The Balaban J connectivity index is 1.54. The summed E-state index contributed by atoms with van der Waals surface area (Å²) in [7, 11) is 4.07. The topological polar surface area (TPSA) is 102 Å². The molecule has 1 aliphatic rings. The predicted octanol–water partition coefficient (Wildman–Crippen LogP) is 3.73. The number of rotatable bonds is 7. The molecule has 0 unspecified atom stereocenters. The van der Waals surface area contributed by atoms with Gasteiger partial charge in [-0.25, -0.2) is 0 Å². The van der Waals surface area contributed by atoms with Gasteiger partial charge in [0.2, 0.25) is 0 Å². The van der Waals surface area contributed by atoms with Crippen molar-refractivity contribution in [3.8, 4) is 11.5 Å². The summed E-state index contributed by atoms with van der Waals surface area (Å²) in [6.45, 7) is 1.19. The van der Waals surface area contributed by atoms with Crippen molar-refractivity contribution in [2.45, 2.75) is 13.1 Å². The van der Waals surface area contributed by atoms with Crippen LogP contribution in [0.15, 0.2) is 66.9 Å². The first-order valence-corrected chi connectivity index (χ1v) is 11.2. The number of amides is 2. The molecule has 0 radical (unpaired) electrons. The number of benzene rings is 3. The second-order valence-corrected chi connectivity index (χ2v) is 8.66. The van der Waals surface area contributed by atoms with Gasteiger partial charge in [0.15, 0.2) is 11.5 Å². The fourth-order valence-electron chi connectivity index (χ4n) is 3.83. The van der Waals surface area contributed by atoms with Crippen molar-refractivity contribution in [1.82, 2.24) is 15.5 Å². The van der Waals surface area contributed by atoms with Gasteiger partial charge in [0.1, 0.15) is 0 Å². The summed E-state index contributed by atoms with van der Waals surface area (Å²) in [6, 6.07) is 18.2. The Labute approximate surface area is 204 Å². The number of nitrogens with one attached hydrogen (secondary N) is 2. The van der Waals surface area contributed by atoms with Gasteiger partial charge in [0.25, 0.3) is 11.8 Å². The number of phenolic OH excluding ortho intramolecular Hbond substituents is 2. The molecular formula is C28H27N3O4. The van der Waals surface area contributed by atoms with Crippen LogP contribution in [-0.4, -0.2) is 41.0 Å². The molecule has 2 amide bonds. The SMILES string of the molecule is CN(C)Cc1ccc(/C=C/c2ccc3c(c2)/C(=C\NCc2ccc(O)c(O)c2)C(=O)NC3=O)cc1. The second-order valence-electron chi connectivity index (χ2n) is 8.66. The summed E-state index contributed by atoms with van der Waals surface area (Å²) in [5, 5.41) is 24.5. The number of aromatic hydroxyl groups is 2. The summed E-state index contributed by atoms with van der Waals surface area (Å²) in [4.78, 5) is 27.0. The van der Waals surface area contributed by atoms with Crippen molar-refractivity contribution in [2.24, 2.45) is 0 Å². The molecule has 4 rings (SSSR count). The Morgan fingerprint density at radius 1 is 0.800 bits per heavy atom. The summed E-state index contributed by atoms with van der Waals surface area (Å²) >= 11 is 0. The number of nitrogens with zero attached hydrogens (tertiary/aromatic N) is 1. The summed E-state index contributed by atoms with van der Waals surface area (Å²) < 4.78 is 0. The average Bonchev–Trinajstić information content (AvgIpc) is 2.82. The van der Waals surface area contributed by atoms with Gasteiger partial charge >= 0.3 is 0 Å². The number of hydrogen-bond acceptors (Lipinski definition) is 6. The third kappa shape index (κ3) is 5.77. The smallest absolute Gasteiger partial charge is 0.260 e. The minimum absolute atomic E-state index is 0.198. The molecule has 7 heteroatoms. The zero-order valence-electron chi connectivity index (χ0n) is 19.6. The van der Waals surface area contributed by atoms with Crippen molar-refractivity contribution < 1.29 is 19.8 Å². The summed E-state index contributed by atoms with van der Waals surface area (Å²) in [5.74, 6) is -1.33. The van der Waals surface area contributed by atoms with Gasteiger partial charge in [0.05, 0.1) is 5.57 Å². The molecule has 0 fully saturated rings. The van der Waals surface area contributed by atoms with Crippen LogP contribution >= 0.6 is 0 Å². The lowest BCUT2D eigenvalue weighted by molar-refractivity contribution is -0.114. The molecule has 0 saturated carbocycles. The summed E-state index contributed by atoms with van der Waals surface area (Å²) in [5.41, 5.74) is 5.17. The molecule has 0 bridgehead atoms. The third-order valence-corrected chi connectivity index (χ3v) is 5.59. The Morgan fingerprint density at radius 2 is 1.49 bits per heavy atom. The van der Waals surface area contributed by atoms with E-state index in [1.165, 1.54) is 17.7 Å². The van der Waals surface area contributed by atoms with Crippen LogP contribution in [0.4, 0.5) is 0 Å². The van der Waals surface area contributed by atoms with Crippen LogP contribution in [0.5, 0.6) is 11.5 Å². The monoisotopic (exact) mass is 469 g/mol. The maximum atomic E-state index is 12.6. The molecule has 178 valence electrons. The first kappa shape index (κ1) is 23.8. The highest BCUT2D eigenvalue weighted by molar-refractivity contribution is 6.31. The Hall–Kier alpha value is -4.36. The van der Waals surface area contributed by atoms with Gasteiger partial charge in [-0.1, -0.05) is 48.6 Å². The molecule has 4 N–H and O–H groups in total. The largest absolute Gasteiger partial charge is 0.504 e. The fraction of sp³-hybridized carbons (Fsp3) is 0.143. The van der Waals surface area contributed by atoms with E-state index < -0.39 is 11.8 Å². The van der Waals surface area contributed by atoms with Crippen molar-refractivity contribution in [1.29, 1.82) is 0 Å². The van der Waals surface area contributed by atoms with Crippen LogP contribution in [0.1, 0.15) is 38.2 Å². The van der Waals surface area contributed by atoms with Crippen LogP contribution in [0, 0.1) is 0 Å². The fourth-order valence-corrected chi connectivity index (χ4v) is 3.83. The van der Waals surface area contributed by atoms with Crippen LogP contribution in [0.2, 0.25) is 0 Å². The number of hydrogen-bond donors (Lipinski definition) is 4. The molecule has 0 saturated heterocycles. The average molecular weight is 470 g/mol. The Bertz CT molecular complexity index is 1320. The maximum absolute atomic E-state index is 12.6. The zero-order chi connectivity index (χ0) is 24.9. The van der Waals surface area contributed by atoms with Crippen molar-refractivity contribution in [3.05, 3.63) is 100 Å². The number of carbonyl (C=O) groups is 2. The Kier molecular flexibility index (Phi) is 6.98. The molecule has 3 aromatic rings. The standard InChI is InChI=1S/C28H27N3O4/c1-31(2)17-20-7-4-18(5-8-20)3-6-19-9-11-22-23(13-19)24(28(35)30-27(22)34)16-29-15-21-10-12-25(32)26(33)14-21/h3-14,16,29,32-33H,15,17H2,1-2H3,(H,30,34,35)/b6-3+,24-16+. The number of fused-ring (bicyclic) bond motifs is 1. The lowest BCUT2D eigenvalue weighted by Crippen LogP contribution is -2.37. The number of phenols is 2. The molecular weight excluding hydrogens is 442 g/mol. The van der Waals surface area contributed by atoms with E-state index in [4.69, 9.17) is 0 Å². The van der Waals surface area contributed by atoms with E-state index in [-0.39, 0.29) is 11.5 Å². The lowest BCUT2D eigenvalue weighted by atomic mass is 9.93. The van der Waals surface area contributed by atoms with Crippen molar-refractivity contribution >= 4 is 29.5 Å². The maximum Gasteiger partial charge on any atom is 0.260 e. The Morgan fingerprint density at radius 3 is 2.20 bits per heavy atom.